The first-order valence-corrected chi connectivity index (χ1v) is 12.5. The molecule has 3 rings (SSSR count). The molecule has 0 saturated carbocycles. The normalized spacial score (nSPS) is 16.5. The van der Waals surface area contributed by atoms with Crippen LogP contribution in [-0.4, -0.2) is 30.7 Å². The highest BCUT2D eigenvalue weighted by Crippen LogP contribution is 2.32. The number of ether oxygens (including phenoxy) is 1. The zero-order chi connectivity index (χ0) is 24.7. The number of likely N-dealkylation sites (tertiary alicyclic amines) is 1. The minimum Gasteiger partial charge on any atom is -0.449 e. The number of amides is 1. The third-order valence-corrected chi connectivity index (χ3v) is 7.02. The first-order chi connectivity index (χ1) is 16.3. The van der Waals surface area contributed by atoms with E-state index in [1.807, 2.05) is 25.1 Å². The highest BCUT2D eigenvalue weighted by Gasteiger charge is 2.33. The summed E-state index contributed by atoms with van der Waals surface area (Å²) < 4.78 is 20.1. The molecule has 34 heavy (non-hydrogen) atoms. The Morgan fingerprint density at radius 2 is 2.06 bits per heavy atom. The fraction of sp³-hybridized carbons (Fsp3) is 0.500. The lowest BCUT2D eigenvalue weighted by Gasteiger charge is -2.25. The Morgan fingerprint density at radius 3 is 2.76 bits per heavy atom. The third kappa shape index (κ3) is 7.21. The molecular weight excluding hydrogens is 451 g/mol. The smallest absolute Gasteiger partial charge is 0.409 e. The second-order valence-electron chi connectivity index (χ2n) is 9.82. The summed E-state index contributed by atoms with van der Waals surface area (Å²) >= 11 is 6.22. The Balaban J connectivity index is 1.70. The van der Waals surface area contributed by atoms with Crippen molar-refractivity contribution in [1.82, 2.24) is 4.90 Å². The van der Waals surface area contributed by atoms with E-state index in [1.54, 1.807) is 17.0 Å². The van der Waals surface area contributed by atoms with Crippen molar-refractivity contribution in [3.63, 3.8) is 0 Å². The number of benzene rings is 2. The molecule has 1 aliphatic rings. The molecule has 2 aromatic carbocycles. The molecule has 0 aliphatic carbocycles. The highest BCUT2D eigenvalue weighted by molar-refractivity contribution is 6.31. The maximum atomic E-state index is 14.6. The Morgan fingerprint density at radius 1 is 1.26 bits per heavy atom. The monoisotopic (exact) mass is 484 g/mol. The average molecular weight is 485 g/mol. The summed E-state index contributed by atoms with van der Waals surface area (Å²) in [6.45, 7) is 7.93. The van der Waals surface area contributed by atoms with Gasteiger partial charge in [-0.2, -0.15) is 5.26 Å². The average Bonchev–Trinajstić information content (AvgIpc) is 3.29. The van der Waals surface area contributed by atoms with Crippen LogP contribution in [0.15, 0.2) is 36.4 Å². The van der Waals surface area contributed by atoms with Crippen molar-refractivity contribution in [3.8, 4) is 6.07 Å². The second kappa shape index (κ2) is 12.2. The number of nitrogens with zero attached hydrogens (tertiary/aromatic N) is 2. The highest BCUT2D eigenvalue weighted by atomic mass is 35.5. The van der Waals surface area contributed by atoms with E-state index in [1.165, 1.54) is 6.07 Å². The Labute approximate surface area is 207 Å². The molecule has 2 atom stereocenters. The summed E-state index contributed by atoms with van der Waals surface area (Å²) in [6.07, 6.45) is 3.73. The standard InChI is InChI=1S/C28H34ClFN2O2/c1-19(2)11-13-34-28(33)32-12-10-24(18-32)22(16-25-14-20(3)4-9-27(25)30)7-5-21-6-8-23(17-31)26(29)15-21/h4,6,8-9,14-15,19,22,24H,5,7,10-13,16,18H2,1-3H3. The van der Waals surface area contributed by atoms with Crippen LogP contribution in [0.1, 0.15) is 55.4 Å². The molecule has 0 bridgehead atoms. The van der Waals surface area contributed by atoms with Crippen LogP contribution in [0.3, 0.4) is 0 Å². The van der Waals surface area contributed by atoms with Crippen molar-refractivity contribution in [2.45, 2.75) is 52.9 Å². The number of hydrogen-bond donors (Lipinski definition) is 0. The number of hydrogen-bond acceptors (Lipinski definition) is 3. The van der Waals surface area contributed by atoms with Crippen molar-refractivity contribution in [2.24, 2.45) is 17.8 Å². The third-order valence-electron chi connectivity index (χ3n) is 6.71. The molecule has 1 saturated heterocycles. The van der Waals surface area contributed by atoms with Gasteiger partial charge in [0, 0.05) is 13.1 Å². The number of aryl methyl sites for hydroxylation is 2. The second-order valence-corrected chi connectivity index (χ2v) is 10.2. The van der Waals surface area contributed by atoms with Gasteiger partial charge in [0.05, 0.1) is 17.2 Å². The lowest BCUT2D eigenvalue weighted by atomic mass is 9.81. The van der Waals surface area contributed by atoms with E-state index in [2.05, 4.69) is 19.9 Å². The molecule has 0 radical (unpaired) electrons. The number of rotatable bonds is 9. The molecule has 2 aromatic rings. The van der Waals surface area contributed by atoms with Gasteiger partial charge in [0.1, 0.15) is 11.9 Å². The predicted molar refractivity (Wildman–Crippen MR) is 133 cm³/mol. The van der Waals surface area contributed by atoms with Crippen molar-refractivity contribution in [3.05, 3.63) is 69.5 Å². The van der Waals surface area contributed by atoms with Crippen LogP contribution in [0, 0.1) is 41.8 Å². The number of carbonyl (C=O) groups is 1. The van der Waals surface area contributed by atoms with E-state index >= 15 is 0 Å². The number of halogens is 2. The van der Waals surface area contributed by atoms with Crippen molar-refractivity contribution >= 4 is 17.7 Å². The van der Waals surface area contributed by atoms with Gasteiger partial charge in [0.2, 0.25) is 0 Å². The predicted octanol–water partition coefficient (Wildman–Crippen LogP) is 6.96. The Kier molecular flexibility index (Phi) is 9.36. The van der Waals surface area contributed by atoms with Crippen LogP contribution in [0.25, 0.3) is 0 Å². The molecule has 0 aromatic heterocycles. The zero-order valence-corrected chi connectivity index (χ0v) is 21.1. The minimum absolute atomic E-state index is 0.181. The van der Waals surface area contributed by atoms with Crippen molar-refractivity contribution < 1.29 is 13.9 Å². The lowest BCUT2D eigenvalue weighted by Crippen LogP contribution is -2.31. The van der Waals surface area contributed by atoms with Crippen LogP contribution < -0.4 is 0 Å². The van der Waals surface area contributed by atoms with Crippen molar-refractivity contribution in [2.75, 3.05) is 19.7 Å². The van der Waals surface area contributed by atoms with E-state index in [0.717, 1.165) is 42.4 Å². The van der Waals surface area contributed by atoms with E-state index < -0.39 is 0 Å². The maximum Gasteiger partial charge on any atom is 0.409 e. The molecule has 0 N–H and O–H groups in total. The van der Waals surface area contributed by atoms with Gasteiger partial charge in [-0.1, -0.05) is 49.2 Å². The minimum atomic E-state index is -0.248. The fourth-order valence-corrected chi connectivity index (χ4v) is 4.86. The summed E-state index contributed by atoms with van der Waals surface area (Å²) in [5.41, 5.74) is 3.28. The number of carbonyl (C=O) groups excluding carboxylic acids is 1. The molecule has 6 heteroatoms. The summed E-state index contributed by atoms with van der Waals surface area (Å²) in [5, 5.41) is 9.58. The molecule has 1 heterocycles. The molecular formula is C28H34ClFN2O2. The zero-order valence-electron chi connectivity index (χ0n) is 20.3. The van der Waals surface area contributed by atoms with Gasteiger partial charge in [-0.3, -0.25) is 0 Å². The van der Waals surface area contributed by atoms with E-state index in [0.29, 0.717) is 42.6 Å². The molecule has 1 fully saturated rings. The number of nitriles is 1. The lowest BCUT2D eigenvalue weighted by molar-refractivity contribution is 0.103. The van der Waals surface area contributed by atoms with Crippen LogP contribution in [0.2, 0.25) is 5.02 Å². The van der Waals surface area contributed by atoms with E-state index in [4.69, 9.17) is 21.6 Å². The molecule has 182 valence electrons. The van der Waals surface area contributed by atoms with E-state index in [-0.39, 0.29) is 23.7 Å². The van der Waals surface area contributed by atoms with Gasteiger partial charge >= 0.3 is 6.09 Å². The van der Waals surface area contributed by atoms with Gasteiger partial charge in [-0.25, -0.2) is 9.18 Å². The molecule has 4 nitrogen and oxygen atoms in total. The quantitative estimate of drug-likeness (QED) is 0.386. The van der Waals surface area contributed by atoms with Gasteiger partial charge < -0.3 is 9.64 Å². The molecule has 1 aliphatic heterocycles. The van der Waals surface area contributed by atoms with Gasteiger partial charge in [0.25, 0.3) is 0 Å². The summed E-state index contributed by atoms with van der Waals surface area (Å²) in [4.78, 5) is 14.3. The van der Waals surface area contributed by atoms with Gasteiger partial charge in [0.15, 0.2) is 0 Å². The summed E-state index contributed by atoms with van der Waals surface area (Å²) in [7, 11) is 0. The Hall–Kier alpha value is -2.58. The van der Waals surface area contributed by atoms with Crippen molar-refractivity contribution in [1.29, 1.82) is 5.26 Å². The first-order valence-electron chi connectivity index (χ1n) is 12.1. The topological polar surface area (TPSA) is 53.3 Å². The summed E-state index contributed by atoms with van der Waals surface area (Å²) in [5.74, 6) is 0.786. The van der Waals surface area contributed by atoms with Crippen LogP contribution >= 0.6 is 11.6 Å². The van der Waals surface area contributed by atoms with Gasteiger partial charge in [-0.15, -0.1) is 0 Å². The maximum absolute atomic E-state index is 14.6. The van der Waals surface area contributed by atoms with Crippen LogP contribution in [-0.2, 0) is 17.6 Å². The van der Waals surface area contributed by atoms with Crippen LogP contribution in [0.4, 0.5) is 9.18 Å². The fourth-order valence-electron chi connectivity index (χ4n) is 4.61. The SMILES string of the molecule is Cc1ccc(F)c(CC(CCc2ccc(C#N)c(Cl)c2)C2CCN(C(=O)OCCC(C)C)C2)c1. The van der Waals surface area contributed by atoms with Gasteiger partial charge in [-0.05, 0) is 86.1 Å². The molecule has 2 unspecified atom stereocenters. The first kappa shape index (κ1) is 26.0. The molecule has 1 amide bonds. The summed E-state index contributed by atoms with van der Waals surface area (Å²) in [6, 6.07) is 12.9. The van der Waals surface area contributed by atoms with E-state index in [9.17, 15) is 9.18 Å². The molecule has 0 spiro atoms. The Bertz CT molecular complexity index is 1030. The van der Waals surface area contributed by atoms with Crippen LogP contribution in [0.5, 0.6) is 0 Å². The largest absolute Gasteiger partial charge is 0.449 e.